The summed E-state index contributed by atoms with van der Waals surface area (Å²) in [4.78, 5) is 37.7. The number of halogens is 1. The van der Waals surface area contributed by atoms with Crippen LogP contribution in [-0.2, 0) is 19.7 Å². The lowest BCUT2D eigenvalue weighted by molar-refractivity contribution is -0.146. The van der Waals surface area contributed by atoms with Gasteiger partial charge in [0.05, 0.1) is 12.5 Å². The minimum Gasteiger partial charge on any atom is -0.468 e. The highest BCUT2D eigenvalue weighted by Crippen LogP contribution is 2.58. The number of rotatable bonds is 2. The molecule has 21 heavy (non-hydrogen) atoms. The van der Waals surface area contributed by atoms with Crippen molar-refractivity contribution in [3.05, 3.63) is 33.8 Å². The normalized spacial score (nSPS) is 26.8. The summed E-state index contributed by atoms with van der Waals surface area (Å²) in [6.07, 6.45) is 0.695. The van der Waals surface area contributed by atoms with Crippen molar-refractivity contribution in [1.29, 1.82) is 0 Å². The largest absolute Gasteiger partial charge is 0.468 e. The average Bonchev–Trinajstić information content (AvgIpc) is 3.14. The number of methoxy groups -OCH3 is 1. The van der Waals surface area contributed by atoms with E-state index in [1.807, 2.05) is 13.0 Å². The highest BCUT2D eigenvalue weighted by molar-refractivity contribution is 9.10. The van der Waals surface area contributed by atoms with Crippen molar-refractivity contribution in [3.63, 3.8) is 0 Å². The number of carbonyl (C=O) groups excluding carboxylic acids is 3. The number of amides is 2. The second kappa shape index (κ2) is 4.66. The van der Waals surface area contributed by atoms with Crippen molar-refractivity contribution in [2.45, 2.75) is 18.8 Å². The Bertz CT molecular complexity index is 672. The summed E-state index contributed by atoms with van der Waals surface area (Å²) in [6.45, 7) is 1.65. The topological polar surface area (TPSA) is 63.7 Å². The highest BCUT2D eigenvalue weighted by Gasteiger charge is 2.64. The van der Waals surface area contributed by atoms with Crippen molar-refractivity contribution in [1.82, 2.24) is 4.90 Å². The minimum absolute atomic E-state index is 0.159. The number of ether oxygens (including phenoxy) is 1. The van der Waals surface area contributed by atoms with E-state index in [1.54, 1.807) is 12.1 Å². The van der Waals surface area contributed by atoms with E-state index in [-0.39, 0.29) is 18.4 Å². The van der Waals surface area contributed by atoms with Crippen LogP contribution in [0.2, 0.25) is 0 Å². The van der Waals surface area contributed by atoms with E-state index in [1.165, 1.54) is 7.11 Å². The molecule has 1 fully saturated rings. The molecule has 3 rings (SSSR count). The summed E-state index contributed by atoms with van der Waals surface area (Å²) in [7, 11) is 1.24. The van der Waals surface area contributed by atoms with Crippen LogP contribution in [0.5, 0.6) is 0 Å². The Morgan fingerprint density at radius 2 is 2.14 bits per heavy atom. The molecule has 0 saturated heterocycles. The van der Waals surface area contributed by atoms with Gasteiger partial charge in [-0.3, -0.25) is 19.3 Å². The van der Waals surface area contributed by atoms with Crippen LogP contribution >= 0.6 is 15.9 Å². The Morgan fingerprint density at radius 3 is 2.71 bits per heavy atom. The smallest absolute Gasteiger partial charge is 0.325 e. The van der Waals surface area contributed by atoms with Gasteiger partial charge in [0.2, 0.25) is 5.91 Å². The van der Waals surface area contributed by atoms with E-state index in [2.05, 4.69) is 20.7 Å². The summed E-state index contributed by atoms with van der Waals surface area (Å²) >= 11 is 3.39. The molecule has 0 aromatic heterocycles. The molecule has 2 aliphatic rings. The number of hydrogen-bond donors (Lipinski definition) is 0. The Balaban J connectivity index is 2.11. The van der Waals surface area contributed by atoms with Gasteiger partial charge in [-0.05, 0) is 36.1 Å². The number of benzene rings is 1. The van der Waals surface area contributed by atoms with Gasteiger partial charge in [-0.1, -0.05) is 22.9 Å². The number of hydrogen-bond acceptors (Lipinski definition) is 4. The molecule has 110 valence electrons. The summed E-state index contributed by atoms with van der Waals surface area (Å²) in [5, 5.41) is 0. The highest BCUT2D eigenvalue weighted by atomic mass is 79.9. The molecule has 1 aromatic rings. The number of nitrogens with zero attached hydrogens (tertiary/aromatic N) is 1. The van der Waals surface area contributed by atoms with Crippen molar-refractivity contribution >= 4 is 33.7 Å². The number of fused-ring (bicyclic) bond motifs is 2. The fourth-order valence-electron chi connectivity index (χ4n) is 3.10. The quantitative estimate of drug-likeness (QED) is 0.602. The van der Waals surface area contributed by atoms with Gasteiger partial charge < -0.3 is 4.74 Å². The maximum absolute atomic E-state index is 12.7. The minimum atomic E-state index is -0.666. The first-order chi connectivity index (χ1) is 9.91. The Morgan fingerprint density at radius 1 is 1.48 bits per heavy atom. The number of imide groups is 1. The molecule has 5 nitrogen and oxygen atoms in total. The standard InChI is InChI=1S/C15H14BrNO4/c1-8-6-15(8)11-5-9(16)3-4-10(11)13(19)17(14(15)20)7-12(18)21-2/h3-5,8H,6-7H2,1-2H3/t8?,15-/m1/s1. The Kier molecular flexibility index (Phi) is 3.16. The molecule has 0 N–H and O–H groups in total. The van der Waals surface area contributed by atoms with Crippen molar-refractivity contribution in [3.8, 4) is 0 Å². The molecule has 2 atom stereocenters. The molecule has 6 heteroatoms. The summed E-state index contributed by atoms with van der Waals surface area (Å²) in [5.74, 6) is -1.17. The molecular weight excluding hydrogens is 338 g/mol. The zero-order chi connectivity index (χ0) is 15.4. The maximum atomic E-state index is 12.7. The fraction of sp³-hybridized carbons (Fsp3) is 0.400. The predicted molar refractivity (Wildman–Crippen MR) is 77.7 cm³/mol. The van der Waals surface area contributed by atoms with Gasteiger partial charge in [-0.15, -0.1) is 0 Å². The van der Waals surface area contributed by atoms with Gasteiger partial charge >= 0.3 is 5.97 Å². The lowest BCUT2D eigenvalue weighted by Crippen LogP contribution is -2.51. The third-order valence-electron chi connectivity index (χ3n) is 4.39. The van der Waals surface area contributed by atoms with E-state index >= 15 is 0 Å². The number of carbonyl (C=O) groups is 3. The van der Waals surface area contributed by atoms with E-state index in [9.17, 15) is 14.4 Å². The second-order valence-electron chi connectivity index (χ2n) is 5.54. The van der Waals surface area contributed by atoms with Crippen LogP contribution in [0.25, 0.3) is 0 Å². The van der Waals surface area contributed by atoms with Gasteiger partial charge in [-0.25, -0.2) is 0 Å². The predicted octanol–water partition coefficient (Wildman–Crippen LogP) is 1.88. The average molecular weight is 352 g/mol. The molecule has 1 spiro atoms. The van der Waals surface area contributed by atoms with Gasteiger partial charge in [0.25, 0.3) is 5.91 Å². The molecule has 1 aliphatic carbocycles. The molecule has 2 amide bonds. The lowest BCUT2D eigenvalue weighted by atomic mass is 9.84. The Hall–Kier alpha value is -1.69. The molecule has 1 aromatic carbocycles. The molecule has 0 bridgehead atoms. The van der Waals surface area contributed by atoms with Crippen LogP contribution in [0, 0.1) is 5.92 Å². The van der Waals surface area contributed by atoms with Gasteiger partial charge in [-0.2, -0.15) is 0 Å². The molecule has 1 unspecified atom stereocenters. The first kappa shape index (κ1) is 14.3. The van der Waals surface area contributed by atoms with Crippen LogP contribution in [0.1, 0.15) is 29.3 Å². The van der Waals surface area contributed by atoms with E-state index in [0.717, 1.165) is 14.9 Å². The van der Waals surface area contributed by atoms with Gasteiger partial charge in [0, 0.05) is 10.0 Å². The lowest BCUT2D eigenvalue weighted by Gasteiger charge is -2.32. The van der Waals surface area contributed by atoms with Crippen molar-refractivity contribution in [2.24, 2.45) is 5.92 Å². The van der Waals surface area contributed by atoms with Crippen LogP contribution in [0.4, 0.5) is 0 Å². The number of esters is 1. The van der Waals surface area contributed by atoms with Crippen LogP contribution in [0.3, 0.4) is 0 Å². The van der Waals surface area contributed by atoms with E-state index < -0.39 is 17.3 Å². The fourth-order valence-corrected chi connectivity index (χ4v) is 3.46. The monoisotopic (exact) mass is 351 g/mol. The summed E-state index contributed by atoms with van der Waals surface area (Å²) in [5.41, 5.74) is 0.590. The molecule has 1 heterocycles. The Labute approximate surface area is 130 Å². The zero-order valence-electron chi connectivity index (χ0n) is 11.7. The van der Waals surface area contributed by atoms with Gasteiger partial charge in [0.15, 0.2) is 0 Å². The molecule has 1 saturated carbocycles. The van der Waals surface area contributed by atoms with Crippen LogP contribution < -0.4 is 0 Å². The third-order valence-corrected chi connectivity index (χ3v) is 4.88. The van der Waals surface area contributed by atoms with Gasteiger partial charge in [0.1, 0.15) is 6.54 Å². The van der Waals surface area contributed by atoms with E-state index in [4.69, 9.17) is 0 Å². The van der Waals surface area contributed by atoms with Crippen molar-refractivity contribution in [2.75, 3.05) is 13.7 Å². The van der Waals surface area contributed by atoms with Crippen LogP contribution in [0.15, 0.2) is 22.7 Å². The SMILES string of the molecule is COC(=O)CN1C(=O)c2ccc(Br)cc2[C@]2(CC2C)C1=O. The summed E-state index contributed by atoms with van der Waals surface area (Å²) < 4.78 is 5.41. The zero-order valence-corrected chi connectivity index (χ0v) is 13.3. The third kappa shape index (κ3) is 1.92. The summed E-state index contributed by atoms with van der Waals surface area (Å²) in [6, 6.07) is 5.30. The first-order valence-corrected chi connectivity index (χ1v) is 7.44. The molecule has 0 radical (unpaired) electrons. The van der Waals surface area contributed by atoms with Crippen LogP contribution in [-0.4, -0.2) is 36.3 Å². The maximum Gasteiger partial charge on any atom is 0.325 e. The van der Waals surface area contributed by atoms with E-state index in [0.29, 0.717) is 12.0 Å². The molecular formula is C15H14BrNO4. The molecule has 1 aliphatic heterocycles. The first-order valence-electron chi connectivity index (χ1n) is 6.65. The van der Waals surface area contributed by atoms with Crippen molar-refractivity contribution < 1.29 is 19.1 Å². The second-order valence-corrected chi connectivity index (χ2v) is 6.45.